The molecule has 0 aromatic carbocycles. The van der Waals surface area contributed by atoms with Crippen LogP contribution in [-0.4, -0.2) is 67.3 Å². The van der Waals surface area contributed by atoms with Crippen LogP contribution in [0.25, 0.3) is 0 Å². The van der Waals surface area contributed by atoms with Gasteiger partial charge in [-0.2, -0.15) is 0 Å². The molecule has 8 nitrogen and oxygen atoms in total. The van der Waals surface area contributed by atoms with Crippen molar-refractivity contribution in [1.82, 2.24) is 20.3 Å². The van der Waals surface area contributed by atoms with E-state index in [4.69, 9.17) is 4.74 Å². The smallest absolute Gasteiger partial charge is 0.253 e. The maximum absolute atomic E-state index is 12.1. The van der Waals surface area contributed by atoms with Crippen LogP contribution in [-0.2, 0) is 4.74 Å². The van der Waals surface area contributed by atoms with E-state index in [1.165, 1.54) is 0 Å². The highest BCUT2D eigenvalue weighted by Crippen LogP contribution is 2.18. The highest BCUT2D eigenvalue weighted by molar-refractivity contribution is 5.94. The largest absolute Gasteiger partial charge is 0.383 e. The molecule has 2 aromatic rings. The molecule has 0 unspecified atom stereocenters. The van der Waals surface area contributed by atoms with Crippen molar-refractivity contribution in [2.24, 2.45) is 0 Å². The van der Waals surface area contributed by atoms with Crippen LogP contribution in [0.15, 0.2) is 36.9 Å². The fraction of sp³-hybridized carbons (Fsp3) is 0.412. The van der Waals surface area contributed by atoms with Crippen molar-refractivity contribution in [2.75, 3.05) is 56.2 Å². The maximum atomic E-state index is 12.1. The van der Waals surface area contributed by atoms with Gasteiger partial charge in [0.1, 0.15) is 0 Å². The number of methoxy groups -OCH3 is 1. The van der Waals surface area contributed by atoms with Crippen LogP contribution in [0.1, 0.15) is 10.4 Å². The topological polar surface area (TPSA) is 83.5 Å². The van der Waals surface area contributed by atoms with E-state index in [0.29, 0.717) is 18.7 Å². The number of pyridine rings is 1. The molecule has 3 heterocycles. The third kappa shape index (κ3) is 4.42. The number of nitrogens with one attached hydrogen (secondary N) is 1. The highest BCUT2D eigenvalue weighted by atomic mass is 16.5. The van der Waals surface area contributed by atoms with Gasteiger partial charge in [0.05, 0.1) is 24.1 Å². The third-order valence-corrected chi connectivity index (χ3v) is 4.06. The first-order chi connectivity index (χ1) is 12.3. The van der Waals surface area contributed by atoms with Crippen LogP contribution in [0.5, 0.6) is 0 Å². The molecule has 1 saturated heterocycles. The summed E-state index contributed by atoms with van der Waals surface area (Å²) < 4.78 is 4.94. The van der Waals surface area contributed by atoms with Gasteiger partial charge < -0.3 is 19.9 Å². The summed E-state index contributed by atoms with van der Waals surface area (Å²) in [7, 11) is 1.61. The van der Waals surface area contributed by atoms with E-state index in [0.717, 1.165) is 37.8 Å². The Morgan fingerprint density at radius 2 is 1.88 bits per heavy atom. The van der Waals surface area contributed by atoms with Crippen LogP contribution < -0.4 is 15.1 Å². The summed E-state index contributed by atoms with van der Waals surface area (Å²) >= 11 is 0. The van der Waals surface area contributed by atoms with Crippen LogP contribution >= 0.6 is 0 Å². The molecular weight excluding hydrogens is 320 g/mol. The van der Waals surface area contributed by atoms with Gasteiger partial charge in [-0.15, -0.1) is 0 Å². The zero-order chi connectivity index (χ0) is 17.5. The SMILES string of the molecule is COCCNC(=O)c1cncc(N2CCN(c3ncccn3)CC2)c1. The Kier molecular flexibility index (Phi) is 5.73. The number of hydrogen-bond acceptors (Lipinski definition) is 7. The Morgan fingerprint density at radius 3 is 2.60 bits per heavy atom. The van der Waals surface area contributed by atoms with Crippen molar-refractivity contribution in [3.05, 3.63) is 42.5 Å². The minimum Gasteiger partial charge on any atom is -0.383 e. The fourth-order valence-corrected chi connectivity index (χ4v) is 2.71. The molecule has 0 aliphatic carbocycles. The second-order valence-electron chi connectivity index (χ2n) is 5.70. The number of piperazine rings is 1. The molecule has 1 aliphatic rings. The second-order valence-corrected chi connectivity index (χ2v) is 5.70. The Labute approximate surface area is 146 Å². The van der Waals surface area contributed by atoms with Gasteiger partial charge in [-0.3, -0.25) is 9.78 Å². The summed E-state index contributed by atoms with van der Waals surface area (Å²) in [4.78, 5) is 29.3. The molecule has 2 aromatic heterocycles. The summed E-state index contributed by atoms with van der Waals surface area (Å²) in [5, 5.41) is 2.81. The lowest BCUT2D eigenvalue weighted by atomic mass is 10.2. The molecule has 1 aliphatic heterocycles. The Hall–Kier alpha value is -2.74. The minimum atomic E-state index is -0.136. The van der Waals surface area contributed by atoms with E-state index < -0.39 is 0 Å². The van der Waals surface area contributed by atoms with Gasteiger partial charge in [0, 0.05) is 58.4 Å². The third-order valence-electron chi connectivity index (χ3n) is 4.06. The summed E-state index contributed by atoms with van der Waals surface area (Å²) in [5.41, 5.74) is 1.51. The normalized spacial score (nSPS) is 14.4. The molecule has 0 bridgehead atoms. The first-order valence-electron chi connectivity index (χ1n) is 8.27. The van der Waals surface area contributed by atoms with E-state index in [1.54, 1.807) is 31.9 Å². The summed E-state index contributed by atoms with van der Waals surface area (Å²) in [6, 6.07) is 3.69. The number of carbonyl (C=O) groups excluding carboxylic acids is 1. The van der Waals surface area contributed by atoms with Crippen molar-refractivity contribution in [2.45, 2.75) is 0 Å². The highest BCUT2D eigenvalue weighted by Gasteiger charge is 2.20. The van der Waals surface area contributed by atoms with Crippen molar-refractivity contribution >= 4 is 17.5 Å². The average molecular weight is 342 g/mol. The van der Waals surface area contributed by atoms with Gasteiger partial charge in [0.2, 0.25) is 5.95 Å². The molecule has 0 radical (unpaired) electrons. The van der Waals surface area contributed by atoms with E-state index in [1.807, 2.05) is 12.1 Å². The maximum Gasteiger partial charge on any atom is 0.253 e. The van der Waals surface area contributed by atoms with Crippen molar-refractivity contribution in [3.8, 4) is 0 Å². The molecule has 0 atom stereocenters. The lowest BCUT2D eigenvalue weighted by Gasteiger charge is -2.35. The van der Waals surface area contributed by atoms with Crippen molar-refractivity contribution < 1.29 is 9.53 Å². The summed E-state index contributed by atoms with van der Waals surface area (Å²) in [5.74, 6) is 0.620. The lowest BCUT2D eigenvalue weighted by molar-refractivity contribution is 0.0936. The van der Waals surface area contributed by atoms with Crippen molar-refractivity contribution in [1.29, 1.82) is 0 Å². The van der Waals surface area contributed by atoms with Crippen LogP contribution in [0.3, 0.4) is 0 Å². The number of carbonyl (C=O) groups is 1. The van der Waals surface area contributed by atoms with Crippen LogP contribution in [0.2, 0.25) is 0 Å². The first-order valence-corrected chi connectivity index (χ1v) is 8.27. The molecular formula is C17H22N6O2. The predicted molar refractivity (Wildman–Crippen MR) is 94.9 cm³/mol. The lowest BCUT2D eigenvalue weighted by Crippen LogP contribution is -2.47. The Bertz CT molecular complexity index is 689. The van der Waals surface area contributed by atoms with E-state index in [2.05, 4.69) is 30.1 Å². The van der Waals surface area contributed by atoms with E-state index >= 15 is 0 Å². The van der Waals surface area contributed by atoms with Gasteiger partial charge in [-0.05, 0) is 12.1 Å². The predicted octanol–water partition coefficient (Wildman–Crippen LogP) is 0.574. The van der Waals surface area contributed by atoms with Gasteiger partial charge in [-0.25, -0.2) is 9.97 Å². The molecule has 3 rings (SSSR count). The van der Waals surface area contributed by atoms with Crippen LogP contribution in [0.4, 0.5) is 11.6 Å². The standard InChI is InChI=1S/C17H22N6O2/c1-25-10-5-19-16(24)14-11-15(13-18-12-14)22-6-8-23(9-7-22)17-20-3-2-4-21-17/h2-4,11-13H,5-10H2,1H3,(H,19,24). The zero-order valence-corrected chi connectivity index (χ0v) is 14.3. The molecule has 0 spiro atoms. The minimum absolute atomic E-state index is 0.136. The molecule has 132 valence electrons. The molecule has 1 amide bonds. The number of hydrogen-bond donors (Lipinski definition) is 1. The fourth-order valence-electron chi connectivity index (χ4n) is 2.71. The number of rotatable bonds is 6. The Balaban J connectivity index is 1.60. The van der Waals surface area contributed by atoms with Gasteiger partial charge in [0.15, 0.2) is 0 Å². The number of aromatic nitrogens is 3. The monoisotopic (exact) mass is 342 g/mol. The molecule has 1 fully saturated rings. The molecule has 25 heavy (non-hydrogen) atoms. The number of anilines is 2. The number of amides is 1. The Morgan fingerprint density at radius 1 is 1.16 bits per heavy atom. The number of nitrogens with zero attached hydrogens (tertiary/aromatic N) is 5. The van der Waals surface area contributed by atoms with Gasteiger partial charge in [-0.1, -0.05) is 0 Å². The van der Waals surface area contributed by atoms with E-state index in [9.17, 15) is 4.79 Å². The first kappa shape index (κ1) is 17.1. The summed E-state index contributed by atoms with van der Waals surface area (Å²) in [6.45, 7) is 4.28. The van der Waals surface area contributed by atoms with Crippen molar-refractivity contribution in [3.63, 3.8) is 0 Å². The zero-order valence-electron chi connectivity index (χ0n) is 14.3. The molecule has 0 saturated carbocycles. The molecule has 1 N–H and O–H groups in total. The van der Waals surface area contributed by atoms with Gasteiger partial charge in [0.25, 0.3) is 5.91 Å². The second kappa shape index (κ2) is 8.39. The van der Waals surface area contributed by atoms with Gasteiger partial charge >= 0.3 is 0 Å². The van der Waals surface area contributed by atoms with E-state index in [-0.39, 0.29) is 5.91 Å². The average Bonchev–Trinajstić information content (AvgIpc) is 2.69. The quantitative estimate of drug-likeness (QED) is 0.769. The summed E-state index contributed by atoms with van der Waals surface area (Å²) in [6.07, 6.45) is 6.88. The number of ether oxygens (including phenoxy) is 1. The van der Waals surface area contributed by atoms with Crippen LogP contribution in [0, 0.1) is 0 Å². The molecule has 8 heteroatoms.